The average molecular weight is 390 g/mol. The number of nitrogens with two attached hydrogens (primary N) is 1. The first kappa shape index (κ1) is 22.7. The van der Waals surface area contributed by atoms with E-state index in [4.69, 9.17) is 5.73 Å². The Morgan fingerprint density at radius 1 is 1.04 bits per heavy atom. The smallest absolute Gasteiger partial charge is 0.244 e. The van der Waals surface area contributed by atoms with Gasteiger partial charge in [-0.3, -0.25) is 9.59 Å². The number of hydrogen-bond acceptors (Lipinski definition) is 3. The molecule has 3 N–H and O–H groups in total. The fourth-order valence-electron chi connectivity index (χ4n) is 2.82. The third-order valence-electron chi connectivity index (χ3n) is 4.48. The Kier molecular flexibility index (Phi) is 8.47. The second-order valence-corrected chi connectivity index (χ2v) is 6.56. The van der Waals surface area contributed by atoms with E-state index in [1.54, 1.807) is 0 Å². The van der Waals surface area contributed by atoms with Gasteiger partial charge in [-0.2, -0.15) is 0 Å². The number of nitrogens with one attached hydrogen (secondary N) is 1. The first-order valence-corrected chi connectivity index (χ1v) is 8.80. The van der Waals surface area contributed by atoms with Crippen molar-refractivity contribution in [2.75, 3.05) is 18.4 Å². The molecule has 2 rings (SSSR count). The molecule has 0 aliphatic rings. The lowest BCUT2D eigenvalue weighted by Gasteiger charge is -2.24. The molecule has 27 heavy (non-hydrogen) atoms. The molecule has 0 aromatic heterocycles. The first-order valence-electron chi connectivity index (χ1n) is 8.80. The maximum atomic E-state index is 12.7. The molecule has 0 saturated carbocycles. The van der Waals surface area contributed by atoms with E-state index >= 15 is 0 Å². The van der Waals surface area contributed by atoms with E-state index in [0.29, 0.717) is 6.54 Å². The van der Waals surface area contributed by atoms with Gasteiger partial charge in [0.15, 0.2) is 0 Å². The number of benzene rings is 2. The number of likely N-dealkylation sites (N-methyl/N-ethyl adjacent to an activating group) is 1. The van der Waals surface area contributed by atoms with Gasteiger partial charge >= 0.3 is 0 Å². The zero-order valence-electron chi connectivity index (χ0n) is 16.3. The number of nitrogens with zero attached hydrogens (tertiary/aromatic N) is 1. The number of halogens is 1. The van der Waals surface area contributed by atoms with Crippen LogP contribution in [0.25, 0.3) is 0 Å². The summed E-state index contributed by atoms with van der Waals surface area (Å²) < 4.78 is 0. The summed E-state index contributed by atoms with van der Waals surface area (Å²) in [5, 5.41) is 2.91. The number of carbonyl (C=O) groups is 2. The molecule has 0 heterocycles. The van der Waals surface area contributed by atoms with Crippen molar-refractivity contribution in [3.8, 4) is 0 Å². The van der Waals surface area contributed by atoms with Crippen LogP contribution in [0, 0.1) is 20.8 Å². The number of hydrogen-bond donors (Lipinski definition) is 2. The lowest BCUT2D eigenvalue weighted by molar-refractivity contribution is -0.135. The van der Waals surface area contributed by atoms with Gasteiger partial charge < -0.3 is 16.0 Å². The minimum atomic E-state index is -0.774. The quantitative estimate of drug-likeness (QED) is 0.793. The molecular formula is C21H28ClN3O2. The van der Waals surface area contributed by atoms with Crippen LogP contribution in [-0.2, 0) is 9.59 Å². The van der Waals surface area contributed by atoms with Gasteiger partial charge in [-0.25, -0.2) is 0 Å². The van der Waals surface area contributed by atoms with Crippen LogP contribution in [0.5, 0.6) is 0 Å². The minimum Gasteiger partial charge on any atom is -0.332 e. The van der Waals surface area contributed by atoms with Crippen molar-refractivity contribution < 1.29 is 9.59 Å². The summed E-state index contributed by atoms with van der Waals surface area (Å²) in [7, 11) is 0. The van der Waals surface area contributed by atoms with E-state index in [-0.39, 0.29) is 30.8 Å². The molecule has 2 amide bonds. The molecule has 146 valence electrons. The van der Waals surface area contributed by atoms with Crippen LogP contribution >= 0.6 is 12.4 Å². The Bertz CT molecular complexity index is 770. The summed E-state index contributed by atoms with van der Waals surface area (Å²) in [5.41, 5.74) is 10.7. The number of anilines is 1. The van der Waals surface area contributed by atoms with Crippen molar-refractivity contribution in [3.63, 3.8) is 0 Å². The molecule has 5 nitrogen and oxygen atoms in total. The van der Waals surface area contributed by atoms with Gasteiger partial charge in [0.25, 0.3) is 0 Å². The molecule has 2 aromatic carbocycles. The number of aryl methyl sites for hydroxylation is 3. The number of carbonyl (C=O) groups excluding carboxylic acids is 2. The highest BCUT2D eigenvalue weighted by Gasteiger charge is 2.23. The highest BCUT2D eigenvalue weighted by Crippen LogP contribution is 2.19. The largest absolute Gasteiger partial charge is 0.332 e. The van der Waals surface area contributed by atoms with Gasteiger partial charge in [0, 0.05) is 12.2 Å². The van der Waals surface area contributed by atoms with E-state index in [9.17, 15) is 9.59 Å². The Hall–Kier alpha value is -2.37. The molecule has 2 aromatic rings. The third kappa shape index (κ3) is 5.81. The van der Waals surface area contributed by atoms with E-state index in [1.807, 2.05) is 70.2 Å². The van der Waals surface area contributed by atoms with Crippen LogP contribution in [0.4, 0.5) is 5.69 Å². The molecule has 0 fully saturated rings. The second-order valence-electron chi connectivity index (χ2n) is 6.56. The second kappa shape index (κ2) is 10.1. The molecule has 0 bridgehead atoms. The van der Waals surface area contributed by atoms with Gasteiger partial charge in [-0.05, 0) is 44.4 Å². The van der Waals surface area contributed by atoms with Crippen molar-refractivity contribution in [2.45, 2.75) is 33.7 Å². The standard InChI is InChI=1S/C21H27N3O2.ClH/c1-5-24(21(26)19(22)17-11-9-14(2)10-12-17)13-18(25)23-20-15(3)7-6-8-16(20)4;/h6-12,19H,5,13,22H2,1-4H3,(H,23,25);1H. The van der Waals surface area contributed by atoms with Crippen LogP contribution in [0.3, 0.4) is 0 Å². The van der Waals surface area contributed by atoms with E-state index < -0.39 is 6.04 Å². The minimum absolute atomic E-state index is 0. The number of rotatable bonds is 6. The van der Waals surface area contributed by atoms with E-state index in [1.165, 1.54) is 4.90 Å². The summed E-state index contributed by atoms with van der Waals surface area (Å²) in [6.07, 6.45) is 0. The van der Waals surface area contributed by atoms with Crippen LogP contribution in [0.1, 0.15) is 35.2 Å². The zero-order chi connectivity index (χ0) is 19.3. The van der Waals surface area contributed by atoms with Crippen molar-refractivity contribution >= 4 is 29.9 Å². The molecule has 0 saturated heterocycles. The van der Waals surface area contributed by atoms with Crippen molar-refractivity contribution in [1.82, 2.24) is 4.90 Å². The molecule has 1 atom stereocenters. The Labute approximate surface area is 167 Å². The molecular weight excluding hydrogens is 362 g/mol. The average Bonchev–Trinajstić information content (AvgIpc) is 2.62. The lowest BCUT2D eigenvalue weighted by Crippen LogP contribution is -2.42. The van der Waals surface area contributed by atoms with Crippen LogP contribution in [-0.4, -0.2) is 29.8 Å². The van der Waals surface area contributed by atoms with Crippen molar-refractivity contribution in [3.05, 3.63) is 64.7 Å². The molecule has 6 heteroatoms. The highest BCUT2D eigenvalue weighted by molar-refractivity contribution is 5.96. The third-order valence-corrected chi connectivity index (χ3v) is 4.48. The SMILES string of the molecule is CCN(CC(=O)Nc1c(C)cccc1C)C(=O)C(N)c1ccc(C)cc1.Cl. The Morgan fingerprint density at radius 2 is 1.59 bits per heavy atom. The fourth-order valence-corrected chi connectivity index (χ4v) is 2.82. The maximum absolute atomic E-state index is 12.7. The normalized spacial score (nSPS) is 11.3. The predicted molar refractivity (Wildman–Crippen MR) is 112 cm³/mol. The van der Waals surface area contributed by atoms with Gasteiger partial charge in [-0.1, -0.05) is 48.0 Å². The van der Waals surface area contributed by atoms with Gasteiger partial charge in [0.2, 0.25) is 11.8 Å². The van der Waals surface area contributed by atoms with Crippen molar-refractivity contribution in [2.24, 2.45) is 5.73 Å². The topological polar surface area (TPSA) is 75.4 Å². The lowest BCUT2D eigenvalue weighted by atomic mass is 10.0. The van der Waals surface area contributed by atoms with E-state index in [2.05, 4.69) is 5.32 Å². The summed E-state index contributed by atoms with van der Waals surface area (Å²) >= 11 is 0. The Morgan fingerprint density at radius 3 is 2.11 bits per heavy atom. The van der Waals surface area contributed by atoms with E-state index in [0.717, 1.165) is 27.9 Å². The first-order chi connectivity index (χ1) is 12.3. The van der Waals surface area contributed by atoms with Crippen LogP contribution in [0.2, 0.25) is 0 Å². The summed E-state index contributed by atoms with van der Waals surface area (Å²) in [4.78, 5) is 26.6. The molecule has 0 aliphatic heterocycles. The number of para-hydroxylation sites is 1. The molecule has 0 aliphatic carbocycles. The van der Waals surface area contributed by atoms with Crippen molar-refractivity contribution in [1.29, 1.82) is 0 Å². The zero-order valence-corrected chi connectivity index (χ0v) is 17.1. The summed E-state index contributed by atoms with van der Waals surface area (Å²) in [6, 6.07) is 12.6. The van der Waals surface area contributed by atoms with Crippen LogP contribution in [0.15, 0.2) is 42.5 Å². The monoisotopic (exact) mass is 389 g/mol. The van der Waals surface area contributed by atoms with Crippen LogP contribution < -0.4 is 11.1 Å². The van der Waals surface area contributed by atoms with Gasteiger partial charge in [0.1, 0.15) is 6.04 Å². The maximum Gasteiger partial charge on any atom is 0.244 e. The summed E-state index contributed by atoms with van der Waals surface area (Å²) in [5.74, 6) is -0.485. The van der Waals surface area contributed by atoms with Gasteiger partial charge in [0.05, 0.1) is 6.54 Å². The molecule has 1 unspecified atom stereocenters. The summed E-state index contributed by atoms with van der Waals surface area (Å²) in [6.45, 7) is 8.10. The highest BCUT2D eigenvalue weighted by atomic mass is 35.5. The predicted octanol–water partition coefficient (Wildman–Crippen LogP) is 3.52. The molecule has 0 spiro atoms. The number of amides is 2. The Balaban J connectivity index is 0.00000364. The fraction of sp³-hybridized carbons (Fsp3) is 0.333. The molecule has 0 radical (unpaired) electrons. The van der Waals surface area contributed by atoms with Gasteiger partial charge in [-0.15, -0.1) is 12.4 Å².